The molecule has 0 radical (unpaired) electrons. The second-order valence-corrected chi connectivity index (χ2v) is 11.8. The van der Waals surface area contributed by atoms with Gasteiger partial charge in [-0.1, -0.05) is 40.6 Å². The number of aryl methyl sites for hydroxylation is 1. The van der Waals surface area contributed by atoms with Crippen LogP contribution in [0.15, 0.2) is 65.7 Å². The van der Waals surface area contributed by atoms with Crippen molar-refractivity contribution in [2.45, 2.75) is 23.8 Å². The summed E-state index contributed by atoms with van der Waals surface area (Å²) in [4.78, 5) is 5.18. The van der Waals surface area contributed by atoms with Crippen molar-refractivity contribution in [2.24, 2.45) is 13.0 Å². The third-order valence-corrected chi connectivity index (χ3v) is 8.54. The van der Waals surface area contributed by atoms with Crippen molar-refractivity contribution in [1.29, 1.82) is 0 Å². The lowest BCUT2D eigenvalue weighted by molar-refractivity contribution is 0.0553. The van der Waals surface area contributed by atoms with Crippen LogP contribution in [0.25, 0.3) is 33.2 Å². The maximum absolute atomic E-state index is 12.6. The van der Waals surface area contributed by atoms with Crippen LogP contribution in [0.1, 0.15) is 24.4 Å². The van der Waals surface area contributed by atoms with Crippen LogP contribution in [-0.4, -0.2) is 59.5 Å². The number of hydrogen-bond donors (Lipinski definition) is 0. The van der Waals surface area contributed by atoms with Crippen LogP contribution in [-0.2, 0) is 21.6 Å². The first-order chi connectivity index (χ1) is 18.4. The summed E-state index contributed by atoms with van der Waals surface area (Å²) in [6, 6.07) is 17.8. The van der Waals surface area contributed by atoms with Gasteiger partial charge in [0.2, 0.25) is 0 Å². The molecule has 0 aliphatic carbocycles. The van der Waals surface area contributed by atoms with Gasteiger partial charge in [0.1, 0.15) is 5.69 Å². The standard InChI is InChI=1S/C28H29N5O4S/c1-32-27(28(36-2)30-31-32)20-15-24-25(29-17-20)22-10-9-21(38(3,34)35)16-23(22)33(24)26(18-7-5-4-6-8-18)19-11-13-37-14-12-19/h4-10,15-17,19,26H,11-14H2,1-3H3. The van der Waals surface area contributed by atoms with E-state index in [2.05, 4.69) is 33.1 Å². The number of aromatic nitrogens is 5. The fourth-order valence-corrected chi connectivity index (χ4v) is 6.29. The zero-order valence-corrected chi connectivity index (χ0v) is 22.4. The van der Waals surface area contributed by atoms with Gasteiger partial charge in [0.05, 0.1) is 34.6 Å². The maximum atomic E-state index is 12.6. The fourth-order valence-electron chi connectivity index (χ4n) is 5.64. The number of nitrogens with zero attached hydrogens (tertiary/aromatic N) is 5. The highest BCUT2D eigenvalue weighted by atomic mass is 32.2. The second kappa shape index (κ2) is 9.52. The molecule has 10 heteroatoms. The van der Waals surface area contributed by atoms with E-state index in [1.165, 1.54) is 6.26 Å². The highest BCUT2D eigenvalue weighted by molar-refractivity contribution is 7.90. The third kappa shape index (κ3) is 4.13. The number of rotatable bonds is 6. The van der Waals surface area contributed by atoms with Crippen molar-refractivity contribution in [3.8, 4) is 17.1 Å². The largest absolute Gasteiger partial charge is 0.478 e. The number of hydrogen-bond acceptors (Lipinski definition) is 7. The second-order valence-electron chi connectivity index (χ2n) is 9.79. The molecule has 6 rings (SSSR count). The van der Waals surface area contributed by atoms with E-state index in [4.69, 9.17) is 14.5 Å². The van der Waals surface area contributed by atoms with E-state index in [9.17, 15) is 8.42 Å². The van der Waals surface area contributed by atoms with Crippen LogP contribution >= 0.6 is 0 Å². The van der Waals surface area contributed by atoms with Crippen molar-refractivity contribution in [3.63, 3.8) is 0 Å². The Morgan fingerprint density at radius 2 is 1.82 bits per heavy atom. The lowest BCUT2D eigenvalue weighted by Crippen LogP contribution is -2.27. The summed E-state index contributed by atoms with van der Waals surface area (Å²) < 4.78 is 40.3. The van der Waals surface area contributed by atoms with E-state index in [1.54, 1.807) is 30.1 Å². The van der Waals surface area contributed by atoms with Crippen LogP contribution in [0.4, 0.5) is 0 Å². The number of ether oxygens (including phenoxy) is 2. The Kier molecular flexibility index (Phi) is 6.16. The molecule has 5 aromatic rings. The zero-order valence-electron chi connectivity index (χ0n) is 21.5. The van der Waals surface area contributed by atoms with Crippen molar-refractivity contribution < 1.29 is 17.9 Å². The van der Waals surface area contributed by atoms with Crippen molar-refractivity contribution in [2.75, 3.05) is 26.6 Å². The molecule has 4 heterocycles. The molecular formula is C28H29N5O4S. The third-order valence-electron chi connectivity index (χ3n) is 7.43. The average molecular weight is 532 g/mol. The molecule has 0 amide bonds. The van der Waals surface area contributed by atoms with Crippen molar-refractivity contribution in [3.05, 3.63) is 66.4 Å². The zero-order chi connectivity index (χ0) is 26.4. The molecule has 196 valence electrons. The molecule has 0 bridgehead atoms. The predicted octanol–water partition coefficient (Wildman–Crippen LogP) is 4.41. The molecule has 1 aliphatic rings. The predicted molar refractivity (Wildman–Crippen MR) is 145 cm³/mol. The molecule has 1 aliphatic heterocycles. The first-order valence-corrected chi connectivity index (χ1v) is 14.5. The van der Waals surface area contributed by atoms with Gasteiger partial charge < -0.3 is 14.0 Å². The summed E-state index contributed by atoms with van der Waals surface area (Å²) in [6.07, 6.45) is 4.84. The van der Waals surface area contributed by atoms with Gasteiger partial charge in [-0.25, -0.2) is 13.1 Å². The van der Waals surface area contributed by atoms with Gasteiger partial charge in [-0.3, -0.25) is 4.98 Å². The molecule has 1 fully saturated rings. The van der Waals surface area contributed by atoms with Crippen molar-refractivity contribution in [1.82, 2.24) is 24.5 Å². The first-order valence-electron chi connectivity index (χ1n) is 12.6. The molecule has 9 nitrogen and oxygen atoms in total. The van der Waals surface area contributed by atoms with E-state index >= 15 is 0 Å². The monoisotopic (exact) mass is 531 g/mol. The quantitative estimate of drug-likeness (QED) is 0.320. The van der Waals surface area contributed by atoms with E-state index in [-0.39, 0.29) is 10.9 Å². The number of pyridine rings is 1. The van der Waals surface area contributed by atoms with Gasteiger partial charge in [-0.2, -0.15) is 0 Å². The number of benzene rings is 2. The number of sulfone groups is 1. The summed E-state index contributed by atoms with van der Waals surface area (Å²) in [5.41, 5.74) is 5.25. The minimum Gasteiger partial charge on any atom is -0.478 e. The summed E-state index contributed by atoms with van der Waals surface area (Å²) in [6.45, 7) is 1.39. The summed E-state index contributed by atoms with van der Waals surface area (Å²) in [5.74, 6) is 0.711. The molecule has 1 saturated heterocycles. The maximum Gasteiger partial charge on any atom is 0.261 e. The van der Waals surface area contributed by atoms with Crippen LogP contribution in [0.2, 0.25) is 0 Å². The molecule has 38 heavy (non-hydrogen) atoms. The van der Waals surface area contributed by atoms with E-state index in [0.29, 0.717) is 25.0 Å². The van der Waals surface area contributed by atoms with Crippen LogP contribution in [0, 0.1) is 5.92 Å². The highest BCUT2D eigenvalue weighted by Gasteiger charge is 2.31. The van der Waals surface area contributed by atoms with Crippen LogP contribution in [0.5, 0.6) is 5.88 Å². The lowest BCUT2D eigenvalue weighted by Gasteiger charge is -2.33. The number of fused-ring (bicyclic) bond motifs is 3. The Labute approximate surface area is 220 Å². The average Bonchev–Trinajstić information content (AvgIpc) is 3.46. The Balaban J connectivity index is 1.70. The lowest BCUT2D eigenvalue weighted by atomic mass is 9.86. The Hall–Kier alpha value is -3.76. The van der Waals surface area contributed by atoms with Crippen LogP contribution < -0.4 is 4.74 Å². The van der Waals surface area contributed by atoms with Gasteiger partial charge >= 0.3 is 0 Å². The summed E-state index contributed by atoms with van der Waals surface area (Å²) in [7, 11) is -0.0256. The molecule has 0 spiro atoms. The van der Waals surface area contributed by atoms with E-state index in [1.807, 2.05) is 31.3 Å². The number of methoxy groups -OCH3 is 1. The van der Waals surface area contributed by atoms with Crippen molar-refractivity contribution >= 4 is 31.8 Å². The minimum atomic E-state index is -3.41. The molecule has 1 atom stereocenters. The first kappa shape index (κ1) is 24.6. The topological polar surface area (TPSA) is 101 Å². The minimum absolute atomic E-state index is 0.0430. The van der Waals surface area contributed by atoms with Gasteiger partial charge in [-0.05, 0) is 48.6 Å². The molecule has 3 aromatic heterocycles. The Morgan fingerprint density at radius 1 is 1.05 bits per heavy atom. The Morgan fingerprint density at radius 3 is 2.53 bits per heavy atom. The molecular weight excluding hydrogens is 502 g/mol. The normalized spacial score (nSPS) is 15.8. The molecule has 2 aromatic carbocycles. The molecule has 1 unspecified atom stereocenters. The van der Waals surface area contributed by atoms with E-state index < -0.39 is 9.84 Å². The molecule has 0 saturated carbocycles. The summed E-state index contributed by atoms with van der Waals surface area (Å²) in [5, 5.41) is 9.16. The smallest absolute Gasteiger partial charge is 0.261 e. The van der Waals surface area contributed by atoms with Gasteiger partial charge in [0.25, 0.3) is 5.88 Å². The fraction of sp³-hybridized carbons (Fsp3) is 0.321. The molecule has 0 N–H and O–H groups in total. The Bertz CT molecular complexity index is 1740. The van der Waals surface area contributed by atoms with Gasteiger partial charge in [-0.15, -0.1) is 0 Å². The van der Waals surface area contributed by atoms with Crippen LogP contribution in [0.3, 0.4) is 0 Å². The van der Waals surface area contributed by atoms with Gasteiger partial charge in [0, 0.05) is 43.7 Å². The van der Waals surface area contributed by atoms with E-state index in [0.717, 1.165) is 51.6 Å². The summed E-state index contributed by atoms with van der Waals surface area (Å²) >= 11 is 0. The van der Waals surface area contributed by atoms with Gasteiger partial charge in [0.15, 0.2) is 9.84 Å². The SMILES string of the molecule is COc1nnn(C)c1-c1cnc2c3ccc(S(C)(=O)=O)cc3n(C(c3ccccc3)C3CCOCC3)c2c1. The highest BCUT2D eigenvalue weighted by Crippen LogP contribution is 2.42.